The highest BCUT2D eigenvalue weighted by Gasteiger charge is 2.31. The molecule has 1 fully saturated rings. The molecule has 15 heteroatoms. The van der Waals surface area contributed by atoms with E-state index in [4.69, 9.17) is 19.5 Å². The van der Waals surface area contributed by atoms with Gasteiger partial charge in [0.2, 0.25) is 13.3 Å². The zero-order valence-electron chi connectivity index (χ0n) is 21.4. The van der Waals surface area contributed by atoms with E-state index in [1.165, 1.54) is 24.3 Å². The van der Waals surface area contributed by atoms with Gasteiger partial charge in [0.1, 0.15) is 11.7 Å². The van der Waals surface area contributed by atoms with E-state index in [-0.39, 0.29) is 17.2 Å². The third-order valence-electron chi connectivity index (χ3n) is 6.44. The summed E-state index contributed by atoms with van der Waals surface area (Å²) in [5, 5.41) is 16.1. The molecule has 6 N–H and O–H groups in total. The van der Waals surface area contributed by atoms with Gasteiger partial charge in [-0.05, 0) is 61.2 Å². The number of nitrogens with one attached hydrogen (secondary N) is 2. The lowest BCUT2D eigenvalue weighted by Crippen LogP contribution is -2.20. The Morgan fingerprint density at radius 1 is 1.07 bits per heavy atom. The molecule has 1 aliphatic rings. The quantitative estimate of drug-likeness (QED) is 0.141. The number of benzene rings is 2. The maximum atomic E-state index is 12.5. The number of hydrogen-bond acceptors (Lipinski definition) is 9. The van der Waals surface area contributed by atoms with Crippen LogP contribution in [0.1, 0.15) is 18.4 Å². The highest BCUT2D eigenvalue weighted by atomic mass is 31.2. The first kappa shape index (κ1) is 28.2. The van der Waals surface area contributed by atoms with Gasteiger partial charge in [0, 0.05) is 30.7 Å². The number of ether oxygens (including phenoxy) is 1. The lowest BCUT2D eigenvalue weighted by molar-refractivity contribution is 0.120. The van der Waals surface area contributed by atoms with Crippen LogP contribution in [-0.2, 0) is 26.8 Å². The molecule has 2 aromatic heterocycles. The van der Waals surface area contributed by atoms with E-state index in [9.17, 15) is 19.1 Å². The number of anilines is 3. The second kappa shape index (κ2) is 11.7. The Morgan fingerprint density at radius 3 is 2.58 bits per heavy atom. The standard InChI is InChI=1S/C25H30N6O7P2/c32-19-4-1-3-17(13-19)10-11-31-15-27-22-23(29-25(30-24(22)31)26-14-20-5-2-12-38-20)28-18-6-8-21(9-7-18)39(33,34)16-40(35,36)37/h1,3-4,6-9,13,15,20,32H,2,5,10-12,14,16H2,(H,33,34)(H2,35,36,37)(H2,26,28,29,30). The Labute approximate surface area is 229 Å². The van der Waals surface area contributed by atoms with Gasteiger partial charge in [-0.2, -0.15) is 9.97 Å². The molecule has 2 atom stereocenters. The Morgan fingerprint density at radius 2 is 1.88 bits per heavy atom. The normalized spacial score (nSPS) is 17.1. The Kier molecular flexibility index (Phi) is 8.23. The van der Waals surface area contributed by atoms with E-state index in [0.29, 0.717) is 48.1 Å². The van der Waals surface area contributed by atoms with Crippen molar-refractivity contribution >= 4 is 48.9 Å². The molecule has 0 spiro atoms. The fourth-order valence-corrected chi connectivity index (χ4v) is 7.76. The minimum absolute atomic E-state index is 0.0654. The molecular weight excluding hydrogens is 558 g/mol. The van der Waals surface area contributed by atoms with Crippen molar-refractivity contribution < 1.29 is 33.7 Å². The fourth-order valence-electron chi connectivity index (χ4n) is 4.49. The van der Waals surface area contributed by atoms with E-state index >= 15 is 0 Å². The lowest BCUT2D eigenvalue weighted by atomic mass is 10.1. The predicted octanol–water partition coefficient (Wildman–Crippen LogP) is 3.14. The fraction of sp³-hybridized carbons (Fsp3) is 0.320. The number of hydrogen-bond donors (Lipinski definition) is 6. The molecule has 3 heterocycles. The van der Waals surface area contributed by atoms with Gasteiger partial charge in [0.15, 0.2) is 17.0 Å². The molecule has 0 aliphatic carbocycles. The summed E-state index contributed by atoms with van der Waals surface area (Å²) in [6.45, 7) is 1.83. The van der Waals surface area contributed by atoms with E-state index in [2.05, 4.69) is 20.6 Å². The van der Waals surface area contributed by atoms with Gasteiger partial charge >= 0.3 is 7.60 Å². The summed E-state index contributed by atoms with van der Waals surface area (Å²) in [6.07, 6.45) is 4.34. The minimum Gasteiger partial charge on any atom is -0.508 e. The third kappa shape index (κ3) is 7.06. The molecule has 2 aromatic carbocycles. The van der Waals surface area contributed by atoms with Crippen LogP contribution in [0.2, 0.25) is 0 Å². The van der Waals surface area contributed by atoms with Gasteiger partial charge in [0.05, 0.1) is 12.4 Å². The lowest BCUT2D eigenvalue weighted by Gasteiger charge is -2.15. The molecule has 0 saturated carbocycles. The van der Waals surface area contributed by atoms with Crippen LogP contribution in [0.4, 0.5) is 17.5 Å². The molecule has 13 nitrogen and oxygen atoms in total. The van der Waals surface area contributed by atoms with Crippen LogP contribution >= 0.6 is 15.0 Å². The number of aromatic nitrogens is 4. The Hall–Kier alpha value is -3.31. The Balaban J connectivity index is 1.41. The van der Waals surface area contributed by atoms with Gasteiger partial charge in [-0.15, -0.1) is 0 Å². The molecular formula is C25H30N6O7P2. The van der Waals surface area contributed by atoms with E-state index in [0.717, 1.165) is 25.0 Å². The monoisotopic (exact) mass is 588 g/mol. The largest absolute Gasteiger partial charge is 0.508 e. The number of aryl methyl sites for hydroxylation is 2. The zero-order chi connectivity index (χ0) is 28.3. The van der Waals surface area contributed by atoms with Gasteiger partial charge in [-0.3, -0.25) is 9.13 Å². The van der Waals surface area contributed by atoms with Crippen molar-refractivity contribution in [3.8, 4) is 5.75 Å². The van der Waals surface area contributed by atoms with Gasteiger partial charge in [-0.25, -0.2) is 4.98 Å². The van der Waals surface area contributed by atoms with Crippen LogP contribution in [0.3, 0.4) is 0 Å². The second-order valence-corrected chi connectivity index (χ2v) is 14.0. The number of aromatic hydroxyl groups is 1. The summed E-state index contributed by atoms with van der Waals surface area (Å²) in [4.78, 5) is 42.3. The third-order valence-corrected chi connectivity index (χ3v) is 10.5. The van der Waals surface area contributed by atoms with Crippen LogP contribution < -0.4 is 15.9 Å². The maximum absolute atomic E-state index is 12.5. The summed E-state index contributed by atoms with van der Waals surface area (Å²) in [5.74, 6) is -0.138. The summed E-state index contributed by atoms with van der Waals surface area (Å²) < 4.78 is 31.3. The highest BCUT2D eigenvalue weighted by Crippen LogP contribution is 2.53. The molecule has 0 bridgehead atoms. The highest BCUT2D eigenvalue weighted by molar-refractivity contribution is 7.77. The molecule has 40 heavy (non-hydrogen) atoms. The molecule has 0 amide bonds. The number of phenols is 1. The topological polar surface area (TPSA) is 192 Å². The van der Waals surface area contributed by atoms with E-state index < -0.39 is 20.9 Å². The van der Waals surface area contributed by atoms with E-state index in [1.54, 1.807) is 24.5 Å². The van der Waals surface area contributed by atoms with Gasteiger partial charge in [-0.1, -0.05) is 12.1 Å². The predicted molar refractivity (Wildman–Crippen MR) is 151 cm³/mol. The average molecular weight is 588 g/mol. The van der Waals surface area contributed by atoms with Crippen molar-refractivity contribution in [2.24, 2.45) is 0 Å². The smallest absolute Gasteiger partial charge is 0.335 e. The van der Waals surface area contributed by atoms with Crippen LogP contribution in [0, 0.1) is 0 Å². The van der Waals surface area contributed by atoms with Crippen molar-refractivity contribution in [3.05, 3.63) is 60.4 Å². The molecule has 1 aliphatic heterocycles. The number of phenolic OH excluding ortho intramolecular Hbond substituents is 1. The molecule has 2 unspecified atom stereocenters. The summed E-state index contributed by atoms with van der Waals surface area (Å²) in [6, 6.07) is 12.8. The number of rotatable bonds is 11. The molecule has 0 radical (unpaired) electrons. The van der Waals surface area contributed by atoms with Gasteiger partial charge in [0.25, 0.3) is 0 Å². The first-order valence-electron chi connectivity index (χ1n) is 12.7. The second-order valence-electron chi connectivity index (χ2n) is 9.62. The Bertz CT molecular complexity index is 1580. The van der Waals surface area contributed by atoms with Crippen LogP contribution in [-0.4, -0.2) is 64.5 Å². The number of imidazole rings is 1. The van der Waals surface area contributed by atoms with Crippen molar-refractivity contribution in [2.75, 3.05) is 29.7 Å². The van der Waals surface area contributed by atoms with Crippen LogP contribution in [0.15, 0.2) is 54.9 Å². The summed E-state index contributed by atoms with van der Waals surface area (Å²) in [5.41, 5.74) is 2.59. The van der Waals surface area contributed by atoms with Crippen molar-refractivity contribution in [1.82, 2.24) is 19.5 Å². The van der Waals surface area contributed by atoms with Crippen molar-refractivity contribution in [1.29, 1.82) is 0 Å². The van der Waals surface area contributed by atoms with Crippen molar-refractivity contribution in [3.63, 3.8) is 0 Å². The first-order chi connectivity index (χ1) is 19.1. The summed E-state index contributed by atoms with van der Waals surface area (Å²) >= 11 is 0. The minimum atomic E-state index is -4.68. The van der Waals surface area contributed by atoms with E-state index in [1.807, 2.05) is 10.6 Å². The molecule has 212 valence electrons. The summed E-state index contributed by atoms with van der Waals surface area (Å²) in [7, 11) is -8.92. The molecule has 1 saturated heterocycles. The van der Waals surface area contributed by atoms with Crippen molar-refractivity contribution in [2.45, 2.75) is 31.9 Å². The molecule has 5 rings (SSSR count). The first-order valence-corrected chi connectivity index (χ1v) is 16.3. The number of fused-ring (bicyclic) bond motifs is 1. The van der Waals surface area contributed by atoms with Crippen LogP contribution in [0.5, 0.6) is 5.75 Å². The zero-order valence-corrected chi connectivity index (χ0v) is 23.2. The van der Waals surface area contributed by atoms with Gasteiger partial charge < -0.3 is 39.7 Å². The SMILES string of the molecule is O=P(O)(O)CP(=O)(O)c1ccc(Nc2nc(NCC3CCCO3)nc3c2ncn3CCc2cccc(O)c2)cc1. The average Bonchev–Trinajstić information content (AvgIpc) is 3.55. The molecule has 4 aromatic rings. The maximum Gasteiger partial charge on any atom is 0.335 e. The number of nitrogens with zero attached hydrogens (tertiary/aromatic N) is 4. The van der Waals surface area contributed by atoms with Crippen LogP contribution in [0.25, 0.3) is 11.2 Å².